The number of carbonyl (C=O) groups excluding carboxylic acids is 1. The van der Waals surface area contributed by atoms with E-state index in [1.165, 1.54) is 6.92 Å². The maximum Gasteiger partial charge on any atom is 0.308 e. The summed E-state index contributed by atoms with van der Waals surface area (Å²) in [5.41, 5.74) is 5.97. The van der Waals surface area contributed by atoms with Gasteiger partial charge in [0, 0.05) is 13.0 Å². The number of ether oxygens (including phenoxy) is 2. The Labute approximate surface area is 76.3 Å². The molecule has 4 nitrogen and oxygen atoms in total. The first kappa shape index (κ1) is 9.38. The maximum atomic E-state index is 10.6. The number of anilines is 1. The molecule has 1 aromatic carbocycles. The summed E-state index contributed by atoms with van der Waals surface area (Å²) in [4.78, 5) is 10.6. The zero-order valence-corrected chi connectivity index (χ0v) is 7.53. The lowest BCUT2D eigenvalue weighted by Crippen LogP contribution is -2.03. The number of benzene rings is 1. The van der Waals surface area contributed by atoms with Gasteiger partial charge in [-0.2, -0.15) is 0 Å². The normalized spacial score (nSPS) is 9.38. The smallest absolute Gasteiger partial charge is 0.308 e. The summed E-state index contributed by atoms with van der Waals surface area (Å²) in [6.07, 6.45) is 0. The average molecular weight is 181 g/mol. The van der Waals surface area contributed by atoms with Crippen LogP contribution >= 0.6 is 0 Å². The summed E-state index contributed by atoms with van der Waals surface area (Å²) < 4.78 is 9.76. The van der Waals surface area contributed by atoms with Gasteiger partial charge in [-0.05, 0) is 12.1 Å². The summed E-state index contributed by atoms with van der Waals surface area (Å²) in [6.45, 7) is 1.32. The molecule has 0 unspecified atom stereocenters. The molecular weight excluding hydrogens is 170 g/mol. The maximum absolute atomic E-state index is 10.6. The van der Waals surface area contributed by atoms with Crippen LogP contribution in [0, 0.1) is 0 Å². The molecule has 0 bridgehead atoms. The highest BCUT2D eigenvalue weighted by Gasteiger charge is 2.03. The van der Waals surface area contributed by atoms with Gasteiger partial charge in [-0.15, -0.1) is 0 Å². The van der Waals surface area contributed by atoms with E-state index in [4.69, 9.17) is 15.2 Å². The predicted molar refractivity (Wildman–Crippen MR) is 48.7 cm³/mol. The predicted octanol–water partition coefficient (Wildman–Crippen LogP) is 1.20. The summed E-state index contributed by atoms with van der Waals surface area (Å²) in [6, 6.07) is 4.86. The zero-order chi connectivity index (χ0) is 9.84. The molecule has 0 saturated heterocycles. The van der Waals surface area contributed by atoms with Crippen LogP contribution in [0.3, 0.4) is 0 Å². The molecule has 13 heavy (non-hydrogen) atoms. The van der Waals surface area contributed by atoms with Gasteiger partial charge in [-0.3, -0.25) is 4.79 Å². The Balaban J connectivity index is 2.91. The monoisotopic (exact) mass is 181 g/mol. The molecule has 4 heteroatoms. The minimum Gasteiger partial charge on any atom is -0.497 e. The largest absolute Gasteiger partial charge is 0.497 e. The van der Waals surface area contributed by atoms with Crippen molar-refractivity contribution in [1.29, 1.82) is 0 Å². The van der Waals surface area contributed by atoms with Crippen LogP contribution in [0.25, 0.3) is 0 Å². The summed E-state index contributed by atoms with van der Waals surface area (Å²) in [5, 5.41) is 0. The standard InChI is InChI=1S/C9H11NO3/c1-6(11)13-9-4-3-7(12-2)5-8(9)10/h3-5H,10H2,1-2H3. The Kier molecular flexibility index (Phi) is 2.74. The van der Waals surface area contributed by atoms with E-state index < -0.39 is 5.97 Å². The van der Waals surface area contributed by atoms with Crippen molar-refractivity contribution in [3.63, 3.8) is 0 Å². The first-order chi connectivity index (χ1) is 6.13. The highest BCUT2D eigenvalue weighted by Crippen LogP contribution is 2.26. The minimum absolute atomic E-state index is 0.355. The van der Waals surface area contributed by atoms with Crippen LogP contribution in [-0.2, 0) is 4.79 Å². The lowest BCUT2D eigenvalue weighted by molar-refractivity contribution is -0.131. The molecule has 1 aromatic rings. The SMILES string of the molecule is COc1ccc(OC(C)=O)c(N)c1. The Morgan fingerprint density at radius 2 is 2.15 bits per heavy atom. The second-order valence-electron chi connectivity index (χ2n) is 2.50. The van der Waals surface area contributed by atoms with Crippen molar-refractivity contribution < 1.29 is 14.3 Å². The van der Waals surface area contributed by atoms with E-state index >= 15 is 0 Å². The molecule has 0 aliphatic rings. The van der Waals surface area contributed by atoms with E-state index in [9.17, 15) is 4.79 Å². The molecule has 0 radical (unpaired) electrons. The average Bonchev–Trinajstić information content (AvgIpc) is 2.08. The molecule has 2 N–H and O–H groups in total. The molecule has 0 fully saturated rings. The Morgan fingerprint density at radius 1 is 1.46 bits per heavy atom. The van der Waals surface area contributed by atoms with E-state index in [1.807, 2.05) is 0 Å². The molecule has 0 spiro atoms. The number of rotatable bonds is 2. The number of esters is 1. The Hall–Kier alpha value is -1.71. The van der Waals surface area contributed by atoms with Gasteiger partial charge in [0.05, 0.1) is 12.8 Å². The minimum atomic E-state index is -0.392. The van der Waals surface area contributed by atoms with E-state index in [-0.39, 0.29) is 0 Å². The van der Waals surface area contributed by atoms with E-state index in [0.29, 0.717) is 17.2 Å². The van der Waals surface area contributed by atoms with Gasteiger partial charge in [0.25, 0.3) is 0 Å². The Morgan fingerprint density at radius 3 is 2.62 bits per heavy atom. The molecule has 70 valence electrons. The van der Waals surface area contributed by atoms with Crippen molar-refractivity contribution in [1.82, 2.24) is 0 Å². The second kappa shape index (κ2) is 3.80. The number of hydrogen-bond acceptors (Lipinski definition) is 4. The summed E-state index contributed by atoms with van der Waals surface area (Å²) in [7, 11) is 1.54. The molecule has 0 heterocycles. The van der Waals surface area contributed by atoms with Gasteiger partial charge >= 0.3 is 5.97 Å². The van der Waals surface area contributed by atoms with Gasteiger partial charge in [0.1, 0.15) is 5.75 Å². The fourth-order valence-corrected chi connectivity index (χ4v) is 0.901. The topological polar surface area (TPSA) is 61.5 Å². The Bertz CT molecular complexity index is 323. The van der Waals surface area contributed by atoms with Crippen molar-refractivity contribution in [2.24, 2.45) is 0 Å². The molecule has 1 rings (SSSR count). The van der Waals surface area contributed by atoms with Crippen LogP contribution in [-0.4, -0.2) is 13.1 Å². The second-order valence-corrected chi connectivity index (χ2v) is 2.50. The molecule has 0 amide bonds. The van der Waals surface area contributed by atoms with Gasteiger partial charge in [0.15, 0.2) is 5.75 Å². The highest BCUT2D eigenvalue weighted by molar-refractivity contribution is 5.72. The first-order valence-electron chi connectivity index (χ1n) is 3.75. The molecule has 0 saturated carbocycles. The number of nitrogen functional groups attached to an aromatic ring is 1. The third-order valence-electron chi connectivity index (χ3n) is 1.47. The van der Waals surface area contributed by atoms with Crippen LogP contribution in [0.15, 0.2) is 18.2 Å². The van der Waals surface area contributed by atoms with Crippen molar-refractivity contribution in [3.8, 4) is 11.5 Å². The van der Waals surface area contributed by atoms with Crippen LogP contribution in [0.1, 0.15) is 6.92 Å². The number of methoxy groups -OCH3 is 1. The van der Waals surface area contributed by atoms with Crippen molar-refractivity contribution in [2.75, 3.05) is 12.8 Å². The molecule has 0 aliphatic heterocycles. The van der Waals surface area contributed by atoms with E-state index in [0.717, 1.165) is 0 Å². The summed E-state index contributed by atoms with van der Waals surface area (Å²) in [5.74, 6) is 0.596. The van der Waals surface area contributed by atoms with Crippen LogP contribution < -0.4 is 15.2 Å². The lowest BCUT2D eigenvalue weighted by Gasteiger charge is -2.06. The van der Waals surface area contributed by atoms with Gasteiger partial charge in [-0.25, -0.2) is 0 Å². The molecule has 0 aromatic heterocycles. The quantitative estimate of drug-likeness (QED) is 0.423. The van der Waals surface area contributed by atoms with Crippen LogP contribution in [0.2, 0.25) is 0 Å². The van der Waals surface area contributed by atoms with Crippen LogP contribution in [0.4, 0.5) is 5.69 Å². The van der Waals surface area contributed by atoms with Crippen molar-refractivity contribution >= 4 is 11.7 Å². The van der Waals surface area contributed by atoms with Gasteiger partial charge in [-0.1, -0.05) is 0 Å². The van der Waals surface area contributed by atoms with Crippen molar-refractivity contribution in [3.05, 3.63) is 18.2 Å². The van der Waals surface area contributed by atoms with E-state index in [1.54, 1.807) is 25.3 Å². The summed E-state index contributed by atoms with van der Waals surface area (Å²) >= 11 is 0. The number of nitrogens with two attached hydrogens (primary N) is 1. The van der Waals surface area contributed by atoms with Crippen LogP contribution in [0.5, 0.6) is 11.5 Å². The fraction of sp³-hybridized carbons (Fsp3) is 0.222. The van der Waals surface area contributed by atoms with Gasteiger partial charge < -0.3 is 15.2 Å². The van der Waals surface area contributed by atoms with Crippen molar-refractivity contribution in [2.45, 2.75) is 6.92 Å². The molecule has 0 atom stereocenters. The third kappa shape index (κ3) is 2.37. The third-order valence-corrected chi connectivity index (χ3v) is 1.47. The fourth-order valence-electron chi connectivity index (χ4n) is 0.901. The zero-order valence-electron chi connectivity index (χ0n) is 7.53. The van der Waals surface area contributed by atoms with E-state index in [2.05, 4.69) is 0 Å². The number of hydrogen-bond donors (Lipinski definition) is 1. The first-order valence-corrected chi connectivity index (χ1v) is 3.75. The molecule has 0 aliphatic carbocycles. The van der Waals surface area contributed by atoms with Gasteiger partial charge in [0.2, 0.25) is 0 Å². The lowest BCUT2D eigenvalue weighted by atomic mass is 10.3. The number of carbonyl (C=O) groups is 1. The molecular formula is C9H11NO3. The highest BCUT2D eigenvalue weighted by atomic mass is 16.5.